The monoisotopic (exact) mass is 241 g/mol. The predicted molar refractivity (Wildman–Crippen MR) is 58.6 cm³/mol. The lowest BCUT2D eigenvalue weighted by molar-refractivity contribution is -0.117. The van der Waals surface area contributed by atoms with E-state index in [1.54, 1.807) is 6.92 Å². The van der Waals surface area contributed by atoms with Crippen molar-refractivity contribution in [2.45, 2.75) is 26.3 Å². The van der Waals surface area contributed by atoms with Gasteiger partial charge >= 0.3 is 0 Å². The van der Waals surface area contributed by atoms with Gasteiger partial charge in [-0.3, -0.25) is 9.59 Å². The Kier molecular flexibility index (Phi) is 4.31. The number of hydrogen-bond acceptors (Lipinski definition) is 2. The molecule has 0 aromatic heterocycles. The van der Waals surface area contributed by atoms with Gasteiger partial charge in [-0.2, -0.15) is 0 Å². The zero-order chi connectivity index (χ0) is 13.0. The van der Waals surface area contributed by atoms with Crippen LogP contribution in [0.4, 0.5) is 8.78 Å². The number of rotatable bonds is 4. The van der Waals surface area contributed by atoms with Gasteiger partial charge < -0.3 is 5.32 Å². The van der Waals surface area contributed by atoms with Gasteiger partial charge in [-0.1, -0.05) is 6.92 Å². The molecule has 5 heteroatoms. The highest BCUT2D eigenvalue weighted by atomic mass is 19.2. The van der Waals surface area contributed by atoms with Gasteiger partial charge in [0, 0.05) is 11.6 Å². The van der Waals surface area contributed by atoms with Crippen LogP contribution in [0.5, 0.6) is 0 Å². The van der Waals surface area contributed by atoms with E-state index in [0.717, 1.165) is 12.1 Å². The van der Waals surface area contributed by atoms with Crippen LogP contribution in [0.2, 0.25) is 0 Å². The topological polar surface area (TPSA) is 46.2 Å². The molecular formula is C12H13F2NO2. The standard InChI is InChI=1S/C12H13F2NO2/c1-3-7(2)15-12(17)11(16)8-4-5-9(13)10(14)6-8/h4-7H,3H2,1-2H3,(H,15,17). The number of benzene rings is 1. The molecule has 0 saturated carbocycles. The minimum atomic E-state index is -1.15. The number of halogens is 2. The Morgan fingerprint density at radius 3 is 2.47 bits per heavy atom. The minimum absolute atomic E-state index is 0.142. The third kappa shape index (κ3) is 3.34. The lowest BCUT2D eigenvalue weighted by Crippen LogP contribution is -2.37. The third-order valence-electron chi connectivity index (χ3n) is 2.38. The van der Waals surface area contributed by atoms with Gasteiger partial charge in [0.15, 0.2) is 11.6 Å². The molecule has 0 heterocycles. The van der Waals surface area contributed by atoms with Crippen LogP contribution in [0, 0.1) is 11.6 Å². The van der Waals surface area contributed by atoms with E-state index in [2.05, 4.69) is 5.32 Å². The summed E-state index contributed by atoms with van der Waals surface area (Å²) >= 11 is 0. The fourth-order valence-electron chi connectivity index (χ4n) is 1.16. The Hall–Kier alpha value is -1.78. The molecule has 92 valence electrons. The maximum absolute atomic E-state index is 12.9. The summed E-state index contributed by atoms with van der Waals surface area (Å²) in [7, 11) is 0. The smallest absolute Gasteiger partial charge is 0.292 e. The predicted octanol–water partition coefficient (Wildman–Crippen LogP) is 2.06. The van der Waals surface area contributed by atoms with Crippen LogP contribution in [-0.4, -0.2) is 17.7 Å². The van der Waals surface area contributed by atoms with E-state index in [1.165, 1.54) is 0 Å². The highest BCUT2D eigenvalue weighted by Gasteiger charge is 2.18. The molecule has 1 rings (SSSR count). The van der Waals surface area contributed by atoms with Crippen LogP contribution in [0.1, 0.15) is 30.6 Å². The molecule has 0 spiro atoms. The Morgan fingerprint density at radius 2 is 1.94 bits per heavy atom. The van der Waals surface area contributed by atoms with Crippen molar-refractivity contribution in [2.24, 2.45) is 0 Å². The highest BCUT2D eigenvalue weighted by Crippen LogP contribution is 2.09. The first-order chi connectivity index (χ1) is 7.95. The van der Waals surface area contributed by atoms with Crippen molar-refractivity contribution >= 4 is 11.7 Å². The van der Waals surface area contributed by atoms with Crippen LogP contribution in [-0.2, 0) is 4.79 Å². The van der Waals surface area contributed by atoms with E-state index < -0.39 is 23.3 Å². The van der Waals surface area contributed by atoms with E-state index in [1.807, 2.05) is 6.92 Å². The van der Waals surface area contributed by atoms with Gasteiger partial charge in [-0.05, 0) is 31.5 Å². The third-order valence-corrected chi connectivity index (χ3v) is 2.38. The molecule has 0 aliphatic carbocycles. The van der Waals surface area contributed by atoms with E-state index in [9.17, 15) is 18.4 Å². The molecule has 0 fully saturated rings. The number of Topliss-reactive ketones (excluding diaryl/α,β-unsaturated/α-hetero) is 1. The maximum Gasteiger partial charge on any atom is 0.292 e. The molecule has 1 amide bonds. The number of carbonyl (C=O) groups is 2. The van der Waals surface area contributed by atoms with Crippen LogP contribution in [0.3, 0.4) is 0 Å². The van der Waals surface area contributed by atoms with Crippen LogP contribution < -0.4 is 5.32 Å². The average molecular weight is 241 g/mol. The SMILES string of the molecule is CCC(C)NC(=O)C(=O)c1ccc(F)c(F)c1. The Morgan fingerprint density at radius 1 is 1.29 bits per heavy atom. The largest absolute Gasteiger partial charge is 0.347 e. The normalized spacial score (nSPS) is 12.0. The van der Waals surface area contributed by atoms with Crippen LogP contribution >= 0.6 is 0 Å². The summed E-state index contributed by atoms with van der Waals surface area (Å²) in [6.07, 6.45) is 0.677. The summed E-state index contributed by atoms with van der Waals surface area (Å²) in [4.78, 5) is 23.0. The van der Waals surface area contributed by atoms with Crippen molar-refractivity contribution in [1.29, 1.82) is 0 Å². The Labute approximate surface area is 97.8 Å². The second-order valence-corrected chi connectivity index (χ2v) is 3.74. The molecule has 1 aromatic carbocycles. The molecule has 0 bridgehead atoms. The molecular weight excluding hydrogens is 228 g/mol. The highest BCUT2D eigenvalue weighted by molar-refractivity contribution is 6.42. The van der Waals surface area contributed by atoms with Gasteiger partial charge in [0.25, 0.3) is 5.91 Å². The van der Waals surface area contributed by atoms with Gasteiger partial charge in [0.1, 0.15) is 0 Å². The molecule has 1 aromatic rings. The zero-order valence-corrected chi connectivity index (χ0v) is 9.59. The molecule has 0 aliphatic heterocycles. The van der Waals surface area contributed by atoms with E-state index in [0.29, 0.717) is 12.5 Å². The summed E-state index contributed by atoms with van der Waals surface area (Å²) in [5.74, 6) is -3.88. The first-order valence-electron chi connectivity index (χ1n) is 5.26. The van der Waals surface area contributed by atoms with Crippen molar-refractivity contribution in [3.8, 4) is 0 Å². The summed E-state index contributed by atoms with van der Waals surface area (Å²) in [5, 5.41) is 2.46. The lowest BCUT2D eigenvalue weighted by atomic mass is 10.1. The van der Waals surface area contributed by atoms with Crippen LogP contribution in [0.25, 0.3) is 0 Å². The average Bonchev–Trinajstić information content (AvgIpc) is 2.31. The number of amides is 1. The second-order valence-electron chi connectivity index (χ2n) is 3.74. The molecule has 0 saturated heterocycles. The molecule has 1 unspecified atom stereocenters. The van der Waals surface area contributed by atoms with E-state index in [-0.39, 0.29) is 11.6 Å². The molecule has 1 N–H and O–H groups in total. The fraction of sp³-hybridized carbons (Fsp3) is 0.333. The van der Waals surface area contributed by atoms with Crippen molar-refractivity contribution < 1.29 is 18.4 Å². The van der Waals surface area contributed by atoms with Crippen LogP contribution in [0.15, 0.2) is 18.2 Å². The van der Waals surface area contributed by atoms with Gasteiger partial charge in [-0.15, -0.1) is 0 Å². The first-order valence-corrected chi connectivity index (χ1v) is 5.26. The number of carbonyl (C=O) groups excluding carboxylic acids is 2. The molecule has 1 atom stereocenters. The molecule has 0 radical (unpaired) electrons. The molecule has 3 nitrogen and oxygen atoms in total. The lowest BCUT2D eigenvalue weighted by Gasteiger charge is -2.10. The Balaban J connectivity index is 2.82. The zero-order valence-electron chi connectivity index (χ0n) is 9.59. The van der Waals surface area contributed by atoms with Crippen molar-refractivity contribution in [3.05, 3.63) is 35.4 Å². The number of hydrogen-bond donors (Lipinski definition) is 1. The summed E-state index contributed by atoms with van der Waals surface area (Å²) < 4.78 is 25.5. The van der Waals surface area contributed by atoms with Crippen molar-refractivity contribution in [2.75, 3.05) is 0 Å². The Bertz CT molecular complexity index is 446. The molecule has 0 aliphatic rings. The van der Waals surface area contributed by atoms with E-state index in [4.69, 9.17) is 0 Å². The van der Waals surface area contributed by atoms with E-state index >= 15 is 0 Å². The van der Waals surface area contributed by atoms with Gasteiger partial charge in [-0.25, -0.2) is 8.78 Å². The van der Waals surface area contributed by atoms with Crippen molar-refractivity contribution in [1.82, 2.24) is 5.32 Å². The summed E-state index contributed by atoms with van der Waals surface area (Å²) in [5.41, 5.74) is -0.162. The molecule has 17 heavy (non-hydrogen) atoms. The quantitative estimate of drug-likeness (QED) is 0.648. The van der Waals surface area contributed by atoms with Gasteiger partial charge in [0.2, 0.25) is 5.78 Å². The summed E-state index contributed by atoms with van der Waals surface area (Å²) in [6, 6.07) is 2.47. The summed E-state index contributed by atoms with van der Waals surface area (Å²) in [6.45, 7) is 3.60. The second kappa shape index (κ2) is 5.52. The fourth-order valence-corrected chi connectivity index (χ4v) is 1.16. The van der Waals surface area contributed by atoms with Crippen molar-refractivity contribution in [3.63, 3.8) is 0 Å². The minimum Gasteiger partial charge on any atom is -0.347 e. The maximum atomic E-state index is 12.9. The number of ketones is 1. The number of nitrogens with one attached hydrogen (secondary N) is 1. The first kappa shape index (κ1) is 13.3. The van der Waals surface area contributed by atoms with Gasteiger partial charge in [0.05, 0.1) is 0 Å².